The van der Waals surface area contributed by atoms with Gasteiger partial charge in [-0.05, 0) is 38.4 Å². The number of carbonyl (C=O) groups is 1. The maximum Gasteiger partial charge on any atom is 0.233 e. The predicted molar refractivity (Wildman–Crippen MR) is 91.4 cm³/mol. The van der Waals surface area contributed by atoms with Crippen LogP contribution < -0.4 is 0 Å². The van der Waals surface area contributed by atoms with Crippen molar-refractivity contribution in [3.05, 3.63) is 35.9 Å². The van der Waals surface area contributed by atoms with Gasteiger partial charge in [0.15, 0.2) is 0 Å². The number of likely N-dealkylation sites (N-methyl/N-ethyl adjacent to an activating group) is 1. The van der Waals surface area contributed by atoms with Crippen LogP contribution in [0.25, 0.3) is 0 Å². The lowest BCUT2D eigenvalue weighted by Gasteiger charge is -2.39. The molecule has 2 heterocycles. The van der Waals surface area contributed by atoms with Gasteiger partial charge in [0.25, 0.3) is 0 Å². The highest BCUT2D eigenvalue weighted by molar-refractivity contribution is 5.88. The van der Waals surface area contributed by atoms with E-state index < -0.39 is 5.41 Å². The fraction of sp³-hybridized carbons (Fsp3) is 0.632. The van der Waals surface area contributed by atoms with Crippen molar-refractivity contribution in [3.8, 4) is 0 Å². The van der Waals surface area contributed by atoms with Crippen molar-refractivity contribution >= 4 is 5.91 Å². The van der Waals surface area contributed by atoms with Crippen LogP contribution in [0.1, 0.15) is 25.3 Å². The first kappa shape index (κ1) is 16.5. The van der Waals surface area contributed by atoms with Gasteiger partial charge in [0.05, 0.1) is 5.41 Å². The van der Waals surface area contributed by atoms with Gasteiger partial charge in [0.2, 0.25) is 5.91 Å². The summed E-state index contributed by atoms with van der Waals surface area (Å²) in [4.78, 5) is 17.8. The van der Waals surface area contributed by atoms with Crippen LogP contribution in [0.5, 0.6) is 0 Å². The van der Waals surface area contributed by atoms with E-state index in [1.54, 1.807) is 0 Å². The zero-order chi connectivity index (χ0) is 16.4. The summed E-state index contributed by atoms with van der Waals surface area (Å²) < 4.78 is 5.56. The van der Waals surface area contributed by atoms with Gasteiger partial charge >= 0.3 is 0 Å². The number of rotatable bonds is 3. The lowest BCUT2D eigenvalue weighted by molar-refractivity contribution is -0.140. The molecule has 2 atom stereocenters. The van der Waals surface area contributed by atoms with Crippen LogP contribution in [0.2, 0.25) is 0 Å². The first-order valence-electron chi connectivity index (χ1n) is 8.64. The van der Waals surface area contributed by atoms with E-state index >= 15 is 0 Å². The number of hydrogen-bond acceptors (Lipinski definition) is 3. The Labute approximate surface area is 139 Å². The number of ether oxygens (including phenoxy) is 1. The molecule has 0 N–H and O–H groups in total. The Bertz CT molecular complexity index is 538. The van der Waals surface area contributed by atoms with Gasteiger partial charge in [-0.25, -0.2) is 0 Å². The van der Waals surface area contributed by atoms with Gasteiger partial charge in [0.1, 0.15) is 0 Å². The average Bonchev–Trinajstić information content (AvgIpc) is 2.97. The summed E-state index contributed by atoms with van der Waals surface area (Å²) in [6.07, 6.45) is 1.57. The number of amides is 1. The maximum absolute atomic E-state index is 13.5. The fourth-order valence-corrected chi connectivity index (χ4v) is 4.19. The largest absolute Gasteiger partial charge is 0.381 e. The SMILES string of the molecule is C[C@@H]1CN(C(=O)C2(c3ccccc3)CCOCC2)C[C@H]1N(C)C. The number of carbonyl (C=O) groups excluding carboxylic acids is 1. The monoisotopic (exact) mass is 316 g/mol. The molecule has 0 aromatic heterocycles. The van der Waals surface area contributed by atoms with Crippen LogP contribution in [-0.4, -0.2) is 62.1 Å². The molecule has 0 aliphatic carbocycles. The highest BCUT2D eigenvalue weighted by Gasteiger charge is 2.46. The summed E-state index contributed by atoms with van der Waals surface area (Å²) in [5, 5.41) is 0. The minimum Gasteiger partial charge on any atom is -0.381 e. The number of hydrogen-bond donors (Lipinski definition) is 0. The van der Waals surface area contributed by atoms with E-state index in [0.29, 0.717) is 31.1 Å². The third-order valence-corrected chi connectivity index (χ3v) is 5.61. The van der Waals surface area contributed by atoms with E-state index in [1.165, 1.54) is 0 Å². The van der Waals surface area contributed by atoms with Crippen molar-refractivity contribution in [1.29, 1.82) is 0 Å². The smallest absolute Gasteiger partial charge is 0.233 e. The molecule has 2 saturated heterocycles. The molecule has 23 heavy (non-hydrogen) atoms. The van der Waals surface area contributed by atoms with Gasteiger partial charge in [-0.3, -0.25) is 4.79 Å². The van der Waals surface area contributed by atoms with Crippen LogP contribution in [0.4, 0.5) is 0 Å². The molecule has 3 rings (SSSR count). The zero-order valence-corrected chi connectivity index (χ0v) is 14.5. The molecule has 0 bridgehead atoms. The normalized spacial score (nSPS) is 27.4. The lowest BCUT2D eigenvalue weighted by Crippen LogP contribution is -2.49. The van der Waals surface area contributed by atoms with Crippen molar-refractivity contribution in [2.24, 2.45) is 5.92 Å². The molecule has 0 spiro atoms. The Morgan fingerprint density at radius 1 is 1.17 bits per heavy atom. The Balaban J connectivity index is 1.88. The maximum atomic E-state index is 13.5. The first-order valence-corrected chi connectivity index (χ1v) is 8.64. The number of likely N-dealkylation sites (tertiary alicyclic amines) is 1. The average molecular weight is 316 g/mol. The summed E-state index contributed by atoms with van der Waals surface area (Å²) in [5.41, 5.74) is 0.745. The molecule has 1 amide bonds. The minimum absolute atomic E-state index is 0.295. The topological polar surface area (TPSA) is 32.8 Å². The molecule has 4 heteroatoms. The summed E-state index contributed by atoms with van der Waals surface area (Å²) >= 11 is 0. The number of nitrogens with zero attached hydrogens (tertiary/aromatic N) is 2. The molecule has 1 aromatic rings. The molecule has 2 aliphatic heterocycles. The lowest BCUT2D eigenvalue weighted by atomic mass is 9.73. The Morgan fingerprint density at radius 2 is 1.83 bits per heavy atom. The van der Waals surface area contributed by atoms with Crippen molar-refractivity contribution in [2.45, 2.75) is 31.2 Å². The second-order valence-electron chi connectivity index (χ2n) is 7.28. The van der Waals surface area contributed by atoms with Crippen LogP contribution in [0.3, 0.4) is 0 Å². The molecule has 4 nitrogen and oxygen atoms in total. The molecule has 0 unspecified atom stereocenters. The minimum atomic E-state index is -0.402. The Hall–Kier alpha value is -1.39. The fourth-order valence-electron chi connectivity index (χ4n) is 4.19. The highest BCUT2D eigenvalue weighted by atomic mass is 16.5. The zero-order valence-electron chi connectivity index (χ0n) is 14.5. The van der Waals surface area contributed by atoms with Crippen LogP contribution in [0.15, 0.2) is 30.3 Å². The van der Waals surface area contributed by atoms with Crippen LogP contribution in [0, 0.1) is 5.92 Å². The van der Waals surface area contributed by atoms with Gasteiger partial charge < -0.3 is 14.5 Å². The molecule has 126 valence electrons. The third-order valence-electron chi connectivity index (χ3n) is 5.61. The van der Waals surface area contributed by atoms with Gasteiger partial charge in [-0.1, -0.05) is 37.3 Å². The van der Waals surface area contributed by atoms with Crippen LogP contribution >= 0.6 is 0 Å². The van der Waals surface area contributed by atoms with Crippen LogP contribution in [-0.2, 0) is 14.9 Å². The second-order valence-corrected chi connectivity index (χ2v) is 7.28. The van der Waals surface area contributed by atoms with Gasteiger partial charge in [0, 0.05) is 32.3 Å². The van der Waals surface area contributed by atoms with E-state index in [4.69, 9.17) is 4.74 Å². The second kappa shape index (κ2) is 6.62. The summed E-state index contributed by atoms with van der Waals surface area (Å²) in [5.74, 6) is 0.810. The third kappa shape index (κ3) is 3.02. The standard InChI is InChI=1S/C19H28N2O2/c1-15-13-21(14-17(15)20(2)3)18(22)19(9-11-23-12-10-19)16-7-5-4-6-8-16/h4-8,15,17H,9-14H2,1-3H3/t15-,17-/m1/s1. The molecule has 2 aliphatic rings. The van der Waals surface area contributed by atoms with Crippen molar-refractivity contribution in [3.63, 3.8) is 0 Å². The van der Waals surface area contributed by atoms with E-state index in [0.717, 1.165) is 31.5 Å². The molecular weight excluding hydrogens is 288 g/mol. The van der Waals surface area contributed by atoms with Gasteiger partial charge in [-0.2, -0.15) is 0 Å². The number of benzene rings is 1. The van der Waals surface area contributed by atoms with Gasteiger partial charge in [-0.15, -0.1) is 0 Å². The predicted octanol–water partition coefficient (Wildman–Crippen LogP) is 2.14. The summed E-state index contributed by atoms with van der Waals surface area (Å²) in [7, 11) is 4.22. The quantitative estimate of drug-likeness (QED) is 0.856. The Kier molecular flexibility index (Phi) is 4.74. The van der Waals surface area contributed by atoms with E-state index in [1.807, 2.05) is 18.2 Å². The van der Waals surface area contributed by atoms with Crippen molar-refractivity contribution in [2.75, 3.05) is 40.4 Å². The van der Waals surface area contributed by atoms with Crippen molar-refractivity contribution < 1.29 is 9.53 Å². The summed E-state index contributed by atoms with van der Waals surface area (Å²) in [6.45, 7) is 5.28. The molecule has 0 radical (unpaired) electrons. The van der Waals surface area contributed by atoms with E-state index in [9.17, 15) is 4.79 Å². The van der Waals surface area contributed by atoms with E-state index in [2.05, 4.69) is 43.0 Å². The van der Waals surface area contributed by atoms with Crippen molar-refractivity contribution in [1.82, 2.24) is 9.80 Å². The molecule has 2 fully saturated rings. The molecule has 1 aromatic carbocycles. The summed E-state index contributed by atoms with van der Waals surface area (Å²) in [6, 6.07) is 10.7. The molecular formula is C19H28N2O2. The first-order chi connectivity index (χ1) is 11.0. The highest BCUT2D eigenvalue weighted by Crippen LogP contribution is 2.38. The molecule has 0 saturated carbocycles. The Morgan fingerprint density at radius 3 is 2.39 bits per heavy atom. The van der Waals surface area contributed by atoms with E-state index in [-0.39, 0.29) is 0 Å².